The molecule has 296 valence electrons. The summed E-state index contributed by atoms with van der Waals surface area (Å²) in [5.74, 6) is -0.807. The quantitative estimate of drug-likeness (QED) is 0.220. The molecule has 14 nitrogen and oxygen atoms in total. The van der Waals surface area contributed by atoms with Crippen molar-refractivity contribution in [3.8, 4) is 0 Å². The minimum atomic E-state index is -0.743. The summed E-state index contributed by atoms with van der Waals surface area (Å²) in [5.41, 5.74) is 6.62. The summed E-state index contributed by atoms with van der Waals surface area (Å²) in [6, 6.07) is 34.5. The van der Waals surface area contributed by atoms with E-state index in [1.165, 1.54) is 11.3 Å². The van der Waals surface area contributed by atoms with Gasteiger partial charge in [0.25, 0.3) is 0 Å². The Hall–Kier alpha value is -6.59. The molecule has 4 aliphatic rings. The monoisotopic (exact) mass is 776 g/mol. The van der Waals surface area contributed by atoms with Crippen LogP contribution in [0.4, 0.5) is 16.2 Å². The highest BCUT2D eigenvalue weighted by Gasteiger charge is 2.55. The first-order chi connectivity index (χ1) is 27.7. The number of benzene rings is 4. The van der Waals surface area contributed by atoms with E-state index in [9.17, 15) is 14.4 Å². The van der Waals surface area contributed by atoms with Crippen molar-refractivity contribution in [3.63, 3.8) is 0 Å². The number of amides is 1. The molecule has 4 heterocycles. The van der Waals surface area contributed by atoms with Crippen LogP contribution in [0.5, 0.6) is 0 Å². The largest absolute Gasteiger partial charge is 0.480 e. The summed E-state index contributed by atoms with van der Waals surface area (Å²) < 4.78 is 11.4. The Bertz CT molecular complexity index is 2040. The summed E-state index contributed by atoms with van der Waals surface area (Å²) in [6.45, 7) is 6.11. The third-order valence-corrected chi connectivity index (χ3v) is 10.5. The molecule has 2 saturated heterocycles. The van der Waals surface area contributed by atoms with Crippen LogP contribution in [0, 0.1) is 0 Å². The smallest absolute Gasteiger partial charge is 0.412 e. The molecule has 2 fully saturated rings. The number of fused-ring (bicyclic) bond motifs is 6. The van der Waals surface area contributed by atoms with Gasteiger partial charge in [0.05, 0.1) is 6.17 Å². The van der Waals surface area contributed by atoms with E-state index in [0.717, 1.165) is 28.9 Å². The number of nitrogens with one attached hydrogen (secondary N) is 1. The number of carboxylic acids is 1. The van der Waals surface area contributed by atoms with Crippen LogP contribution in [-0.2, 0) is 51.5 Å². The molecule has 2 N–H and O–H groups in total. The first-order valence-corrected chi connectivity index (χ1v) is 18.6. The third-order valence-electron chi connectivity index (χ3n) is 10.5. The average Bonchev–Trinajstić information content (AvgIpc) is 3.99. The van der Waals surface area contributed by atoms with Crippen LogP contribution >= 0.6 is 0 Å². The second-order valence-corrected chi connectivity index (χ2v) is 13.5. The molecule has 4 aliphatic heterocycles. The lowest BCUT2D eigenvalue weighted by atomic mass is 9.96. The van der Waals surface area contributed by atoms with Crippen LogP contribution < -0.4 is 15.1 Å². The lowest BCUT2D eigenvalue weighted by Gasteiger charge is -2.34. The zero-order chi connectivity index (χ0) is 40.9. The number of aliphatic carboxylic acids is 1. The number of nitrogens with zero attached hydrogens (tertiary/aromatic N) is 3. The van der Waals surface area contributed by atoms with Gasteiger partial charge in [-0.3, -0.25) is 15.0 Å². The molecule has 0 spiro atoms. The van der Waals surface area contributed by atoms with Crippen molar-refractivity contribution in [2.45, 2.75) is 76.2 Å². The molecule has 4 aromatic rings. The van der Waals surface area contributed by atoms with Gasteiger partial charge in [0.15, 0.2) is 0 Å². The van der Waals surface area contributed by atoms with E-state index in [-0.39, 0.29) is 43.8 Å². The standard InChI is InChI=1S/C28H28N2O4.C13H16N2O2.2CO2/c1-2-29-24-16-10-9-15-22(24)23-17-25(27(31)33-18-20-11-5-3-6-12-20)30(26(23)29)28(32)34-19-21-13-7-4-8-14-21;1-2-15-11-6-4-3-5-8(11)9-7-10(13(16)17)14-12(9)15;2*2-1-3/h3-16,23,25-26H,2,17-19H2,1H3;3-6,9-10,12,14H,2,7H2,1H3,(H,16,17);;/t23-,25+,26-;9-,10+,12+;;/m11../s1. The van der Waals surface area contributed by atoms with E-state index in [0.29, 0.717) is 25.3 Å². The van der Waals surface area contributed by atoms with Crippen molar-refractivity contribution in [3.05, 3.63) is 131 Å². The van der Waals surface area contributed by atoms with Crippen LogP contribution in [-0.4, -0.2) is 77.8 Å². The number of rotatable bonds is 8. The Balaban J connectivity index is 0.000000224. The van der Waals surface area contributed by atoms with Crippen molar-refractivity contribution in [2.24, 2.45) is 0 Å². The minimum absolute atomic E-state index is 0.0229. The number of hydrogen-bond acceptors (Lipinski definition) is 12. The highest BCUT2D eigenvalue weighted by molar-refractivity contribution is 5.84. The van der Waals surface area contributed by atoms with Crippen molar-refractivity contribution in [2.75, 3.05) is 22.9 Å². The number of ether oxygens (including phenoxy) is 2. The van der Waals surface area contributed by atoms with E-state index >= 15 is 0 Å². The summed E-state index contributed by atoms with van der Waals surface area (Å²) >= 11 is 0. The molecule has 0 saturated carbocycles. The fraction of sp³-hybridized carbons (Fsp3) is 0.326. The molecular weight excluding hydrogens is 732 g/mol. The number of likely N-dealkylation sites (N-methyl/N-ethyl adjacent to an activating group) is 2. The number of carbonyl (C=O) groups is 3. The average molecular weight is 777 g/mol. The third kappa shape index (κ3) is 9.28. The number of hydrogen-bond donors (Lipinski definition) is 2. The molecule has 0 aliphatic carbocycles. The van der Waals surface area contributed by atoms with Crippen LogP contribution in [0.15, 0.2) is 109 Å². The molecule has 0 bridgehead atoms. The van der Waals surface area contributed by atoms with Gasteiger partial charge in [-0.15, -0.1) is 0 Å². The lowest BCUT2D eigenvalue weighted by molar-refractivity contribution is -0.193. The number of carboxylic acid groups (broad SMARTS) is 1. The van der Waals surface area contributed by atoms with Gasteiger partial charge in [-0.1, -0.05) is 97.1 Å². The number of esters is 1. The Labute approximate surface area is 330 Å². The fourth-order valence-electron chi connectivity index (χ4n) is 8.26. The number of likely N-dealkylation sites (tertiary alicyclic amines) is 1. The van der Waals surface area contributed by atoms with Gasteiger partial charge in [0.2, 0.25) is 0 Å². The zero-order valence-electron chi connectivity index (χ0n) is 31.6. The van der Waals surface area contributed by atoms with Crippen LogP contribution in [0.2, 0.25) is 0 Å². The van der Waals surface area contributed by atoms with Gasteiger partial charge in [-0.25, -0.2) is 9.59 Å². The van der Waals surface area contributed by atoms with E-state index < -0.39 is 30.1 Å². The van der Waals surface area contributed by atoms with E-state index in [4.69, 9.17) is 33.8 Å². The highest BCUT2D eigenvalue weighted by atomic mass is 16.6. The summed E-state index contributed by atoms with van der Waals surface area (Å²) in [4.78, 5) is 76.3. The van der Waals surface area contributed by atoms with Crippen LogP contribution in [0.3, 0.4) is 0 Å². The Kier molecular flexibility index (Phi) is 14.5. The molecule has 0 aromatic heterocycles. The molecule has 4 aromatic carbocycles. The Morgan fingerprint density at radius 2 is 1.14 bits per heavy atom. The first kappa shape index (κ1) is 41.6. The topological polar surface area (TPSA) is 180 Å². The number of anilines is 2. The van der Waals surface area contributed by atoms with Gasteiger partial charge < -0.3 is 24.4 Å². The zero-order valence-corrected chi connectivity index (χ0v) is 31.6. The fourth-order valence-corrected chi connectivity index (χ4v) is 8.26. The molecule has 8 rings (SSSR count). The van der Waals surface area contributed by atoms with Gasteiger partial charge in [-0.2, -0.15) is 19.2 Å². The number of carbonyl (C=O) groups excluding carboxylic acids is 6. The maximum atomic E-state index is 13.4. The number of para-hydroxylation sites is 2. The van der Waals surface area contributed by atoms with Crippen molar-refractivity contribution in [1.82, 2.24) is 10.2 Å². The molecule has 57 heavy (non-hydrogen) atoms. The first-order valence-electron chi connectivity index (χ1n) is 18.6. The minimum Gasteiger partial charge on any atom is -0.480 e. The lowest BCUT2D eigenvalue weighted by Crippen LogP contribution is -2.52. The predicted molar refractivity (Wildman–Crippen MR) is 204 cm³/mol. The van der Waals surface area contributed by atoms with Crippen molar-refractivity contribution >= 4 is 41.7 Å². The van der Waals surface area contributed by atoms with E-state index in [1.54, 1.807) is 4.90 Å². The van der Waals surface area contributed by atoms with E-state index in [1.807, 2.05) is 84.9 Å². The predicted octanol–water partition coefficient (Wildman–Crippen LogP) is 5.31. The second-order valence-electron chi connectivity index (χ2n) is 13.5. The van der Waals surface area contributed by atoms with Gasteiger partial charge in [-0.05, 0) is 61.1 Å². The maximum Gasteiger partial charge on any atom is 0.412 e. The molecule has 6 atom stereocenters. The van der Waals surface area contributed by atoms with Crippen molar-refractivity contribution < 1.29 is 48.1 Å². The summed E-state index contributed by atoms with van der Waals surface area (Å²) in [6.07, 6.45) is 1.07. The van der Waals surface area contributed by atoms with Crippen LogP contribution in [0.25, 0.3) is 0 Å². The molecule has 0 unspecified atom stereocenters. The highest BCUT2D eigenvalue weighted by Crippen LogP contribution is 2.50. The summed E-state index contributed by atoms with van der Waals surface area (Å²) in [7, 11) is 0. The maximum absolute atomic E-state index is 13.4. The van der Waals surface area contributed by atoms with Crippen molar-refractivity contribution in [1.29, 1.82) is 0 Å². The van der Waals surface area contributed by atoms with Gasteiger partial charge in [0, 0.05) is 36.3 Å². The molecule has 0 radical (unpaired) electrons. The van der Waals surface area contributed by atoms with E-state index in [2.05, 4.69) is 53.2 Å². The van der Waals surface area contributed by atoms with Gasteiger partial charge in [0.1, 0.15) is 31.5 Å². The molecular formula is C43H44N4O10. The Morgan fingerprint density at radius 1 is 0.667 bits per heavy atom. The SMILES string of the molecule is CCN1c2ccccc2[C@H]2C[C@@H](C(=O)O)N[C@H]21.CCN1c2ccccc2[C@H]2C[C@@H](C(=O)OCc3ccccc3)N(C(=O)OCc3ccccc3)[C@H]21.O=C=O.O=C=O. The van der Waals surface area contributed by atoms with Gasteiger partial charge >= 0.3 is 30.3 Å². The van der Waals surface area contributed by atoms with Crippen LogP contribution in [0.1, 0.15) is 60.8 Å². The molecule has 14 heteroatoms. The molecule has 1 amide bonds. The normalized spacial score (nSPS) is 21.5. The Morgan fingerprint density at radius 3 is 1.67 bits per heavy atom. The second kappa shape index (κ2) is 19.8. The summed E-state index contributed by atoms with van der Waals surface area (Å²) in [5, 5.41) is 12.3.